The SMILES string of the molecule is Cc1nc(C(=O)Nc2ccc3c(c2)OC2(CCCC2)O3)nn1-c1ccc(Cl)cc1. The first-order valence-electron chi connectivity index (χ1n) is 9.54. The average Bonchev–Trinajstić information content (AvgIpc) is 3.41. The van der Waals surface area contributed by atoms with E-state index in [0.717, 1.165) is 31.4 Å². The number of nitrogens with zero attached hydrogens (tertiary/aromatic N) is 3. The Balaban J connectivity index is 1.34. The largest absolute Gasteiger partial charge is 0.448 e. The Labute approximate surface area is 172 Å². The van der Waals surface area contributed by atoms with E-state index < -0.39 is 11.7 Å². The number of ether oxygens (including phenoxy) is 2. The number of hydrogen-bond donors (Lipinski definition) is 1. The summed E-state index contributed by atoms with van der Waals surface area (Å²) >= 11 is 5.94. The summed E-state index contributed by atoms with van der Waals surface area (Å²) in [5.74, 6) is 1.14. The zero-order valence-corrected chi connectivity index (χ0v) is 16.6. The monoisotopic (exact) mass is 410 g/mol. The molecule has 0 unspecified atom stereocenters. The lowest BCUT2D eigenvalue weighted by Gasteiger charge is -2.21. The van der Waals surface area contributed by atoms with E-state index in [-0.39, 0.29) is 5.82 Å². The molecule has 3 aromatic rings. The van der Waals surface area contributed by atoms with E-state index in [1.165, 1.54) is 0 Å². The van der Waals surface area contributed by atoms with E-state index >= 15 is 0 Å². The van der Waals surface area contributed by atoms with Crippen LogP contribution in [0.1, 0.15) is 42.1 Å². The fourth-order valence-corrected chi connectivity index (χ4v) is 3.92. The third kappa shape index (κ3) is 3.31. The molecule has 0 bridgehead atoms. The first-order chi connectivity index (χ1) is 14.0. The van der Waals surface area contributed by atoms with E-state index in [0.29, 0.717) is 28.0 Å². The molecule has 2 aliphatic rings. The smallest absolute Gasteiger partial charge is 0.295 e. The van der Waals surface area contributed by atoms with Gasteiger partial charge in [-0.1, -0.05) is 11.6 Å². The van der Waals surface area contributed by atoms with Crippen LogP contribution in [0.5, 0.6) is 11.5 Å². The predicted octanol–water partition coefficient (Wildman–Crippen LogP) is 4.52. The van der Waals surface area contributed by atoms with Gasteiger partial charge in [-0.2, -0.15) is 0 Å². The van der Waals surface area contributed by atoms with Crippen LogP contribution >= 0.6 is 11.6 Å². The minimum atomic E-state index is -0.527. The van der Waals surface area contributed by atoms with Crippen molar-refractivity contribution in [1.82, 2.24) is 14.8 Å². The second kappa shape index (κ2) is 6.77. The van der Waals surface area contributed by atoms with Gasteiger partial charge in [0.2, 0.25) is 5.82 Å². The molecule has 0 saturated heterocycles. The number of aromatic nitrogens is 3. The Hall–Kier alpha value is -3.06. The highest BCUT2D eigenvalue weighted by Gasteiger charge is 2.44. The molecule has 1 spiro atoms. The van der Waals surface area contributed by atoms with Crippen molar-refractivity contribution in [1.29, 1.82) is 0 Å². The number of hydrogen-bond acceptors (Lipinski definition) is 5. The summed E-state index contributed by atoms with van der Waals surface area (Å²) in [6, 6.07) is 12.6. The van der Waals surface area contributed by atoms with E-state index in [2.05, 4.69) is 15.4 Å². The first-order valence-corrected chi connectivity index (χ1v) is 9.92. The second-order valence-corrected chi connectivity index (χ2v) is 7.74. The van der Waals surface area contributed by atoms with Gasteiger partial charge < -0.3 is 14.8 Å². The number of benzene rings is 2. The van der Waals surface area contributed by atoms with Crippen molar-refractivity contribution in [3.8, 4) is 17.2 Å². The van der Waals surface area contributed by atoms with Gasteiger partial charge >= 0.3 is 0 Å². The van der Waals surface area contributed by atoms with Crippen molar-refractivity contribution >= 4 is 23.2 Å². The molecular formula is C21H19ClN4O3. The molecule has 2 aromatic carbocycles. The van der Waals surface area contributed by atoms with Gasteiger partial charge in [0, 0.05) is 29.6 Å². The van der Waals surface area contributed by atoms with Gasteiger partial charge in [0.05, 0.1) is 5.69 Å². The van der Waals surface area contributed by atoms with E-state index in [9.17, 15) is 4.79 Å². The number of anilines is 1. The topological polar surface area (TPSA) is 78.3 Å². The highest BCUT2D eigenvalue weighted by molar-refractivity contribution is 6.30. The first kappa shape index (κ1) is 18.0. The van der Waals surface area contributed by atoms with Crippen LogP contribution in [0.4, 0.5) is 5.69 Å². The summed E-state index contributed by atoms with van der Waals surface area (Å²) in [5, 5.41) is 7.80. The Morgan fingerprint density at radius 2 is 1.83 bits per heavy atom. The van der Waals surface area contributed by atoms with Crippen molar-refractivity contribution < 1.29 is 14.3 Å². The second-order valence-electron chi connectivity index (χ2n) is 7.31. The fourth-order valence-electron chi connectivity index (χ4n) is 3.79. The van der Waals surface area contributed by atoms with Gasteiger partial charge in [-0.3, -0.25) is 4.79 Å². The summed E-state index contributed by atoms with van der Waals surface area (Å²) in [6.45, 7) is 1.79. The lowest BCUT2D eigenvalue weighted by Crippen LogP contribution is -2.34. The van der Waals surface area contributed by atoms with Gasteiger partial charge in [-0.25, -0.2) is 9.67 Å². The van der Waals surface area contributed by atoms with Crippen molar-refractivity contribution in [2.45, 2.75) is 38.4 Å². The van der Waals surface area contributed by atoms with Crippen LogP contribution in [0.3, 0.4) is 0 Å². The molecular weight excluding hydrogens is 392 g/mol. The normalized spacial score (nSPS) is 16.3. The molecule has 0 atom stereocenters. The Morgan fingerprint density at radius 1 is 1.10 bits per heavy atom. The van der Waals surface area contributed by atoms with Crippen LogP contribution in [-0.4, -0.2) is 26.5 Å². The van der Waals surface area contributed by atoms with Crippen LogP contribution in [0.15, 0.2) is 42.5 Å². The standard InChI is InChI=1S/C21H19ClN4O3/c1-13-23-19(25-26(13)16-7-4-14(22)5-8-16)20(27)24-15-6-9-17-18(12-15)29-21(28-17)10-2-3-11-21/h4-9,12H,2-3,10-11H2,1H3,(H,24,27). The van der Waals surface area contributed by atoms with Crippen LogP contribution in [0.2, 0.25) is 5.02 Å². The molecule has 1 aliphatic carbocycles. The lowest BCUT2D eigenvalue weighted by molar-refractivity contribution is -0.0716. The number of nitrogens with one attached hydrogen (secondary N) is 1. The highest BCUT2D eigenvalue weighted by Crippen LogP contribution is 2.47. The number of rotatable bonds is 3. The van der Waals surface area contributed by atoms with Gasteiger partial charge in [0.1, 0.15) is 5.82 Å². The number of carbonyl (C=O) groups is 1. The molecule has 0 radical (unpaired) electrons. The van der Waals surface area contributed by atoms with Crippen molar-refractivity contribution in [2.24, 2.45) is 0 Å². The molecule has 29 heavy (non-hydrogen) atoms. The molecule has 148 valence electrons. The van der Waals surface area contributed by atoms with Gasteiger partial charge in [0.15, 0.2) is 11.5 Å². The summed E-state index contributed by atoms with van der Waals surface area (Å²) in [7, 11) is 0. The van der Waals surface area contributed by atoms with Gasteiger partial charge in [-0.05, 0) is 56.2 Å². The molecule has 1 amide bonds. The minimum Gasteiger partial charge on any atom is -0.448 e. The summed E-state index contributed by atoms with van der Waals surface area (Å²) < 4.78 is 13.7. The fraction of sp³-hybridized carbons (Fsp3) is 0.286. The van der Waals surface area contributed by atoms with Crippen molar-refractivity contribution in [3.63, 3.8) is 0 Å². The van der Waals surface area contributed by atoms with Crippen LogP contribution in [0, 0.1) is 6.92 Å². The molecule has 7 nitrogen and oxygen atoms in total. The van der Waals surface area contributed by atoms with E-state index in [1.807, 2.05) is 18.2 Å². The molecule has 8 heteroatoms. The van der Waals surface area contributed by atoms with Gasteiger partial charge in [-0.15, -0.1) is 5.10 Å². The summed E-state index contributed by atoms with van der Waals surface area (Å²) in [5.41, 5.74) is 1.39. The zero-order valence-electron chi connectivity index (χ0n) is 15.8. The average molecular weight is 411 g/mol. The number of halogens is 1. The Morgan fingerprint density at radius 3 is 2.59 bits per heavy atom. The lowest BCUT2D eigenvalue weighted by atomic mass is 10.2. The molecule has 1 fully saturated rings. The molecule has 5 rings (SSSR count). The molecule has 2 heterocycles. The maximum atomic E-state index is 12.7. The molecule has 1 N–H and O–H groups in total. The maximum absolute atomic E-state index is 12.7. The number of aryl methyl sites for hydroxylation is 1. The number of fused-ring (bicyclic) bond motifs is 1. The number of amides is 1. The maximum Gasteiger partial charge on any atom is 0.295 e. The summed E-state index contributed by atoms with van der Waals surface area (Å²) in [4.78, 5) is 17.0. The van der Waals surface area contributed by atoms with Crippen LogP contribution in [0.25, 0.3) is 5.69 Å². The van der Waals surface area contributed by atoms with Crippen LogP contribution < -0.4 is 14.8 Å². The molecule has 1 aliphatic heterocycles. The minimum absolute atomic E-state index is 0.0855. The third-order valence-electron chi connectivity index (χ3n) is 5.20. The summed E-state index contributed by atoms with van der Waals surface area (Å²) in [6.07, 6.45) is 3.96. The van der Waals surface area contributed by atoms with Crippen molar-refractivity contribution in [3.05, 3.63) is 59.1 Å². The zero-order chi connectivity index (χ0) is 20.0. The highest BCUT2D eigenvalue weighted by atomic mass is 35.5. The molecule has 1 saturated carbocycles. The number of carbonyl (C=O) groups excluding carboxylic acids is 1. The quantitative estimate of drug-likeness (QED) is 0.686. The van der Waals surface area contributed by atoms with E-state index in [4.69, 9.17) is 21.1 Å². The third-order valence-corrected chi connectivity index (χ3v) is 5.45. The van der Waals surface area contributed by atoms with Gasteiger partial charge in [0.25, 0.3) is 11.7 Å². The predicted molar refractivity (Wildman–Crippen MR) is 108 cm³/mol. The van der Waals surface area contributed by atoms with Crippen LogP contribution in [-0.2, 0) is 0 Å². The molecule has 1 aromatic heterocycles. The Bertz CT molecular complexity index is 1090. The van der Waals surface area contributed by atoms with Crippen molar-refractivity contribution in [2.75, 3.05) is 5.32 Å². The van der Waals surface area contributed by atoms with E-state index in [1.54, 1.807) is 35.9 Å². The Kier molecular flexibility index (Phi) is 4.20.